The fourth-order valence-electron chi connectivity index (χ4n) is 3.25. The van der Waals surface area contributed by atoms with Gasteiger partial charge in [-0.3, -0.25) is 9.10 Å². The Balaban J connectivity index is 1.62. The predicted molar refractivity (Wildman–Crippen MR) is 127 cm³/mol. The molecular formula is C25H28N2O4S. The lowest BCUT2D eigenvalue weighted by molar-refractivity contribution is 0.0947. The molecule has 0 radical (unpaired) electrons. The van der Waals surface area contributed by atoms with Crippen LogP contribution >= 0.6 is 0 Å². The van der Waals surface area contributed by atoms with Crippen LogP contribution in [-0.2, 0) is 10.0 Å². The molecule has 0 fully saturated rings. The summed E-state index contributed by atoms with van der Waals surface area (Å²) in [7, 11) is -2.24. The van der Waals surface area contributed by atoms with Gasteiger partial charge in [0, 0.05) is 12.6 Å². The highest BCUT2D eigenvalue weighted by Gasteiger charge is 2.21. The first kappa shape index (κ1) is 23.3. The van der Waals surface area contributed by atoms with Crippen molar-refractivity contribution in [2.24, 2.45) is 0 Å². The van der Waals surface area contributed by atoms with Crippen molar-refractivity contribution < 1.29 is 17.9 Å². The number of anilines is 1. The number of amides is 1. The number of para-hydroxylation sites is 1. The maximum atomic E-state index is 12.8. The van der Waals surface area contributed by atoms with Gasteiger partial charge in [-0.25, -0.2) is 8.42 Å². The standard InChI is InChI=1S/C25H28N2O4S/c1-19(2)23-14-7-8-15-24(23)31-17-16-26-25(28)20-10-9-11-21(18-20)27(3)32(29,30)22-12-5-4-6-13-22/h4-15,18-19H,16-17H2,1-3H3,(H,26,28). The third-order valence-electron chi connectivity index (χ3n) is 5.06. The van der Waals surface area contributed by atoms with E-state index in [2.05, 4.69) is 19.2 Å². The quantitative estimate of drug-likeness (QED) is 0.487. The van der Waals surface area contributed by atoms with Crippen LogP contribution in [0.25, 0.3) is 0 Å². The van der Waals surface area contributed by atoms with Gasteiger partial charge in [-0.1, -0.05) is 56.3 Å². The second kappa shape index (κ2) is 10.3. The monoisotopic (exact) mass is 452 g/mol. The van der Waals surface area contributed by atoms with Crippen LogP contribution in [0, 0.1) is 0 Å². The number of benzene rings is 3. The van der Waals surface area contributed by atoms with Crippen LogP contribution in [0.15, 0.2) is 83.8 Å². The van der Waals surface area contributed by atoms with Crippen LogP contribution < -0.4 is 14.4 Å². The average molecular weight is 453 g/mol. The van der Waals surface area contributed by atoms with Crippen LogP contribution in [0.5, 0.6) is 5.75 Å². The van der Waals surface area contributed by atoms with E-state index in [0.717, 1.165) is 11.3 Å². The fraction of sp³-hybridized carbons (Fsp3) is 0.240. The highest BCUT2D eigenvalue weighted by atomic mass is 32.2. The molecule has 0 unspecified atom stereocenters. The summed E-state index contributed by atoms with van der Waals surface area (Å²) >= 11 is 0. The molecule has 0 bridgehead atoms. The van der Waals surface area contributed by atoms with Gasteiger partial charge in [0.25, 0.3) is 15.9 Å². The molecule has 3 rings (SSSR count). The van der Waals surface area contributed by atoms with Crippen molar-refractivity contribution >= 4 is 21.6 Å². The highest BCUT2D eigenvalue weighted by molar-refractivity contribution is 7.92. The van der Waals surface area contributed by atoms with Crippen molar-refractivity contribution in [2.45, 2.75) is 24.7 Å². The number of hydrogen-bond acceptors (Lipinski definition) is 4. The number of nitrogens with one attached hydrogen (secondary N) is 1. The molecule has 0 saturated heterocycles. The van der Waals surface area contributed by atoms with Gasteiger partial charge in [-0.2, -0.15) is 0 Å². The lowest BCUT2D eigenvalue weighted by atomic mass is 10.0. The van der Waals surface area contributed by atoms with Crippen molar-refractivity contribution in [3.05, 3.63) is 90.0 Å². The second-order valence-electron chi connectivity index (χ2n) is 7.63. The topological polar surface area (TPSA) is 75.7 Å². The Bertz CT molecular complexity index is 1160. The number of carbonyl (C=O) groups excluding carboxylic acids is 1. The molecule has 0 heterocycles. The molecule has 0 spiro atoms. The van der Waals surface area contributed by atoms with E-state index in [4.69, 9.17) is 4.74 Å². The number of hydrogen-bond donors (Lipinski definition) is 1. The van der Waals surface area contributed by atoms with Crippen LogP contribution in [0.1, 0.15) is 35.7 Å². The summed E-state index contributed by atoms with van der Waals surface area (Å²) in [4.78, 5) is 12.8. The first-order valence-corrected chi connectivity index (χ1v) is 11.9. The molecule has 7 heteroatoms. The molecule has 0 aliphatic carbocycles. The minimum atomic E-state index is -3.72. The molecule has 3 aromatic rings. The Morgan fingerprint density at radius 3 is 2.38 bits per heavy atom. The van der Waals surface area contributed by atoms with Crippen LogP contribution in [0.3, 0.4) is 0 Å². The van der Waals surface area contributed by atoms with E-state index >= 15 is 0 Å². The SMILES string of the molecule is CC(C)c1ccccc1OCCNC(=O)c1cccc(N(C)S(=O)(=O)c2ccccc2)c1. The summed E-state index contributed by atoms with van der Waals surface area (Å²) in [5.41, 5.74) is 1.90. The van der Waals surface area contributed by atoms with E-state index < -0.39 is 10.0 Å². The third-order valence-corrected chi connectivity index (χ3v) is 6.86. The zero-order valence-electron chi connectivity index (χ0n) is 18.5. The van der Waals surface area contributed by atoms with Crippen LogP contribution in [0.4, 0.5) is 5.69 Å². The van der Waals surface area contributed by atoms with E-state index in [-0.39, 0.29) is 10.8 Å². The average Bonchev–Trinajstić information content (AvgIpc) is 2.82. The zero-order valence-corrected chi connectivity index (χ0v) is 19.3. The van der Waals surface area contributed by atoms with Gasteiger partial charge in [0.05, 0.1) is 17.1 Å². The van der Waals surface area contributed by atoms with Gasteiger partial charge >= 0.3 is 0 Å². The first-order chi connectivity index (χ1) is 15.3. The van der Waals surface area contributed by atoms with Crippen molar-refractivity contribution in [1.82, 2.24) is 5.32 Å². The minimum absolute atomic E-state index is 0.191. The Kier molecular flexibility index (Phi) is 7.53. The summed E-state index contributed by atoms with van der Waals surface area (Å²) < 4.78 is 32.7. The van der Waals surface area contributed by atoms with Gasteiger partial charge in [0.15, 0.2) is 0 Å². The lowest BCUT2D eigenvalue weighted by Gasteiger charge is -2.20. The fourth-order valence-corrected chi connectivity index (χ4v) is 4.46. The number of rotatable bonds is 9. The molecular weight excluding hydrogens is 424 g/mol. The molecule has 0 aliphatic heterocycles. The Morgan fingerprint density at radius 2 is 1.66 bits per heavy atom. The Morgan fingerprint density at radius 1 is 0.969 bits per heavy atom. The van der Waals surface area contributed by atoms with Crippen LogP contribution in [-0.4, -0.2) is 34.5 Å². The number of carbonyl (C=O) groups is 1. The second-order valence-corrected chi connectivity index (χ2v) is 9.60. The molecule has 1 amide bonds. The summed E-state index contributed by atoms with van der Waals surface area (Å²) in [6.45, 7) is 4.86. The minimum Gasteiger partial charge on any atom is -0.491 e. The summed E-state index contributed by atoms with van der Waals surface area (Å²) in [6.07, 6.45) is 0. The van der Waals surface area contributed by atoms with E-state index in [9.17, 15) is 13.2 Å². The number of nitrogens with zero attached hydrogens (tertiary/aromatic N) is 1. The van der Waals surface area contributed by atoms with Crippen molar-refractivity contribution in [3.63, 3.8) is 0 Å². The summed E-state index contributed by atoms with van der Waals surface area (Å²) in [5.74, 6) is 0.859. The van der Waals surface area contributed by atoms with E-state index in [1.807, 2.05) is 24.3 Å². The first-order valence-electron chi connectivity index (χ1n) is 10.4. The molecule has 6 nitrogen and oxygen atoms in total. The van der Waals surface area contributed by atoms with E-state index in [1.165, 1.54) is 11.4 Å². The van der Waals surface area contributed by atoms with E-state index in [1.54, 1.807) is 54.6 Å². The predicted octanol–water partition coefficient (Wildman–Crippen LogP) is 4.44. The molecule has 32 heavy (non-hydrogen) atoms. The summed E-state index contributed by atoms with van der Waals surface area (Å²) in [5, 5.41) is 2.82. The van der Waals surface area contributed by atoms with Crippen molar-refractivity contribution in [3.8, 4) is 5.75 Å². The third kappa shape index (κ3) is 5.48. The largest absolute Gasteiger partial charge is 0.491 e. The smallest absolute Gasteiger partial charge is 0.264 e. The Hall–Kier alpha value is -3.32. The molecule has 3 aromatic carbocycles. The van der Waals surface area contributed by atoms with Gasteiger partial charge in [-0.05, 0) is 47.9 Å². The highest BCUT2D eigenvalue weighted by Crippen LogP contribution is 2.26. The maximum Gasteiger partial charge on any atom is 0.264 e. The zero-order chi connectivity index (χ0) is 23.1. The normalized spacial score (nSPS) is 11.2. The molecule has 168 valence electrons. The lowest BCUT2D eigenvalue weighted by Crippen LogP contribution is -2.29. The molecule has 0 aromatic heterocycles. The van der Waals surface area contributed by atoms with Crippen molar-refractivity contribution in [2.75, 3.05) is 24.5 Å². The number of sulfonamides is 1. The van der Waals surface area contributed by atoms with Gasteiger partial charge in [-0.15, -0.1) is 0 Å². The van der Waals surface area contributed by atoms with Gasteiger partial charge in [0.1, 0.15) is 12.4 Å². The van der Waals surface area contributed by atoms with Gasteiger partial charge < -0.3 is 10.1 Å². The molecule has 0 atom stereocenters. The van der Waals surface area contributed by atoms with E-state index in [0.29, 0.717) is 30.3 Å². The molecule has 0 saturated carbocycles. The maximum absolute atomic E-state index is 12.8. The van der Waals surface area contributed by atoms with Crippen LogP contribution in [0.2, 0.25) is 0 Å². The Labute approximate surface area is 189 Å². The van der Waals surface area contributed by atoms with Gasteiger partial charge in [0.2, 0.25) is 0 Å². The van der Waals surface area contributed by atoms with Crippen molar-refractivity contribution in [1.29, 1.82) is 0 Å². The summed E-state index contributed by atoms with van der Waals surface area (Å²) in [6, 6.07) is 22.6. The molecule has 0 aliphatic rings. The number of ether oxygens (including phenoxy) is 1. The molecule has 1 N–H and O–H groups in total.